The summed E-state index contributed by atoms with van der Waals surface area (Å²) in [6.45, 7) is 4.08. The molecule has 0 fully saturated rings. The van der Waals surface area contributed by atoms with Gasteiger partial charge in [-0.2, -0.15) is 0 Å². The average molecular weight is 323 g/mol. The molecule has 2 aromatic carbocycles. The lowest BCUT2D eigenvalue weighted by Gasteiger charge is -2.07. The number of amides is 1. The first-order valence-corrected chi connectivity index (χ1v) is 7.78. The predicted molar refractivity (Wildman–Crippen MR) is 94.2 cm³/mol. The van der Waals surface area contributed by atoms with Crippen molar-refractivity contribution in [3.63, 3.8) is 0 Å². The Balaban J connectivity index is 1.76. The van der Waals surface area contributed by atoms with Crippen molar-refractivity contribution in [2.75, 3.05) is 6.61 Å². The van der Waals surface area contributed by atoms with Crippen LogP contribution in [0.2, 0.25) is 0 Å². The molecule has 4 nitrogen and oxygen atoms in total. The fraction of sp³-hybridized carbons (Fsp3) is 0.200. The van der Waals surface area contributed by atoms with E-state index in [9.17, 15) is 9.59 Å². The summed E-state index contributed by atoms with van der Waals surface area (Å²) >= 11 is 0. The summed E-state index contributed by atoms with van der Waals surface area (Å²) in [4.78, 5) is 23.4. The molecule has 0 aromatic heterocycles. The molecule has 0 saturated heterocycles. The van der Waals surface area contributed by atoms with Crippen LogP contribution in [-0.4, -0.2) is 18.5 Å². The number of benzene rings is 2. The molecule has 0 unspecified atom stereocenters. The smallest absolute Gasteiger partial charge is 0.331 e. The number of aryl methyl sites for hydroxylation is 2. The minimum absolute atomic E-state index is 0.289. The summed E-state index contributed by atoms with van der Waals surface area (Å²) in [6, 6.07) is 15.5. The molecule has 2 rings (SSSR count). The van der Waals surface area contributed by atoms with Crippen LogP contribution in [0.4, 0.5) is 0 Å². The average Bonchev–Trinajstić information content (AvgIpc) is 2.58. The maximum atomic E-state index is 11.7. The van der Waals surface area contributed by atoms with Crippen molar-refractivity contribution < 1.29 is 14.3 Å². The Morgan fingerprint density at radius 1 is 1.00 bits per heavy atom. The highest BCUT2D eigenvalue weighted by Crippen LogP contribution is 2.09. The van der Waals surface area contributed by atoms with Gasteiger partial charge in [0.25, 0.3) is 5.91 Å². The molecule has 24 heavy (non-hydrogen) atoms. The molecule has 1 N–H and O–H groups in total. The number of ether oxygens (including phenoxy) is 1. The zero-order chi connectivity index (χ0) is 17.4. The lowest BCUT2D eigenvalue weighted by Crippen LogP contribution is -2.28. The highest BCUT2D eigenvalue weighted by atomic mass is 16.5. The van der Waals surface area contributed by atoms with Crippen molar-refractivity contribution in [2.24, 2.45) is 0 Å². The largest absolute Gasteiger partial charge is 0.452 e. The van der Waals surface area contributed by atoms with Crippen LogP contribution in [0.15, 0.2) is 54.6 Å². The quantitative estimate of drug-likeness (QED) is 0.656. The van der Waals surface area contributed by atoms with Crippen LogP contribution in [0.3, 0.4) is 0 Å². The van der Waals surface area contributed by atoms with Gasteiger partial charge in [0.05, 0.1) is 0 Å². The van der Waals surface area contributed by atoms with Gasteiger partial charge < -0.3 is 10.1 Å². The third-order valence-corrected chi connectivity index (χ3v) is 3.67. The molecular weight excluding hydrogens is 302 g/mol. The number of hydrogen-bond acceptors (Lipinski definition) is 3. The summed E-state index contributed by atoms with van der Waals surface area (Å²) in [6.07, 6.45) is 3.01. The highest BCUT2D eigenvalue weighted by molar-refractivity contribution is 5.89. The van der Waals surface area contributed by atoms with E-state index in [0.717, 1.165) is 22.3 Å². The lowest BCUT2D eigenvalue weighted by atomic mass is 10.1. The predicted octanol–water partition coefficient (Wildman–Crippen LogP) is 3.18. The first-order chi connectivity index (χ1) is 11.6. The second-order valence-electron chi connectivity index (χ2n) is 5.50. The number of carbonyl (C=O) groups is 2. The van der Waals surface area contributed by atoms with Gasteiger partial charge in [-0.15, -0.1) is 0 Å². The van der Waals surface area contributed by atoms with E-state index in [-0.39, 0.29) is 12.5 Å². The molecule has 124 valence electrons. The van der Waals surface area contributed by atoms with E-state index >= 15 is 0 Å². The summed E-state index contributed by atoms with van der Waals surface area (Å²) < 4.78 is 4.95. The maximum Gasteiger partial charge on any atom is 0.331 e. The van der Waals surface area contributed by atoms with Gasteiger partial charge in [-0.25, -0.2) is 4.79 Å². The van der Waals surface area contributed by atoms with Gasteiger partial charge in [0, 0.05) is 12.6 Å². The van der Waals surface area contributed by atoms with Crippen molar-refractivity contribution in [2.45, 2.75) is 20.4 Å². The Morgan fingerprint density at radius 2 is 1.67 bits per heavy atom. The van der Waals surface area contributed by atoms with Crippen molar-refractivity contribution in [3.05, 3.63) is 76.9 Å². The van der Waals surface area contributed by atoms with Gasteiger partial charge in [0.1, 0.15) is 0 Å². The summed E-state index contributed by atoms with van der Waals surface area (Å²) in [5, 5.41) is 2.74. The molecule has 1 amide bonds. The Labute approximate surface area is 142 Å². The molecule has 0 heterocycles. The maximum absolute atomic E-state index is 11.7. The molecule has 2 aromatic rings. The molecule has 4 heteroatoms. The van der Waals surface area contributed by atoms with Gasteiger partial charge >= 0.3 is 5.97 Å². The second kappa shape index (κ2) is 8.67. The van der Waals surface area contributed by atoms with Crippen LogP contribution in [-0.2, 0) is 20.9 Å². The topological polar surface area (TPSA) is 55.4 Å². The van der Waals surface area contributed by atoms with Gasteiger partial charge in [0.15, 0.2) is 6.61 Å². The van der Waals surface area contributed by atoms with E-state index in [0.29, 0.717) is 6.54 Å². The van der Waals surface area contributed by atoms with Crippen LogP contribution in [0, 0.1) is 13.8 Å². The number of carbonyl (C=O) groups excluding carboxylic acids is 2. The monoisotopic (exact) mass is 323 g/mol. The fourth-order valence-corrected chi connectivity index (χ4v) is 2.17. The normalized spacial score (nSPS) is 10.6. The van der Waals surface area contributed by atoms with Crippen LogP contribution >= 0.6 is 0 Å². The first-order valence-electron chi connectivity index (χ1n) is 7.78. The van der Waals surface area contributed by atoms with Gasteiger partial charge in [-0.3, -0.25) is 4.79 Å². The number of nitrogens with one attached hydrogen (secondary N) is 1. The zero-order valence-electron chi connectivity index (χ0n) is 13.9. The van der Waals surface area contributed by atoms with Crippen LogP contribution in [0.1, 0.15) is 22.3 Å². The number of hydrogen-bond donors (Lipinski definition) is 1. The minimum Gasteiger partial charge on any atom is -0.452 e. The van der Waals surface area contributed by atoms with E-state index in [2.05, 4.69) is 5.32 Å². The summed E-state index contributed by atoms with van der Waals surface area (Å²) in [7, 11) is 0. The molecule has 0 saturated carbocycles. The minimum atomic E-state index is -0.538. The van der Waals surface area contributed by atoms with Crippen LogP contribution in [0.5, 0.6) is 0 Å². The Bertz CT molecular complexity index is 750. The van der Waals surface area contributed by atoms with Crippen molar-refractivity contribution >= 4 is 18.0 Å². The SMILES string of the molecule is Cc1ccccc1/C=C/C(=O)OCC(=O)NCc1ccccc1C. The number of esters is 1. The highest BCUT2D eigenvalue weighted by Gasteiger charge is 2.06. The standard InChI is InChI=1S/C20H21NO3/c1-15-7-3-5-9-17(15)11-12-20(23)24-14-19(22)21-13-18-10-6-4-8-16(18)2/h3-12H,13-14H2,1-2H3,(H,21,22)/b12-11+. The van der Waals surface area contributed by atoms with E-state index in [1.807, 2.05) is 62.4 Å². The fourth-order valence-electron chi connectivity index (χ4n) is 2.17. The van der Waals surface area contributed by atoms with Crippen molar-refractivity contribution in [1.82, 2.24) is 5.32 Å². The van der Waals surface area contributed by atoms with E-state index in [1.165, 1.54) is 6.08 Å². The van der Waals surface area contributed by atoms with E-state index in [1.54, 1.807) is 6.08 Å². The third-order valence-electron chi connectivity index (χ3n) is 3.67. The Hall–Kier alpha value is -2.88. The number of rotatable bonds is 6. The lowest BCUT2D eigenvalue weighted by molar-refractivity contribution is -0.143. The second-order valence-corrected chi connectivity index (χ2v) is 5.50. The van der Waals surface area contributed by atoms with E-state index < -0.39 is 5.97 Å². The molecule has 0 bridgehead atoms. The first kappa shape index (κ1) is 17.5. The molecular formula is C20H21NO3. The summed E-state index contributed by atoms with van der Waals surface area (Å²) in [5.74, 6) is -0.861. The zero-order valence-corrected chi connectivity index (χ0v) is 13.9. The third kappa shape index (κ3) is 5.39. The molecule has 0 aliphatic carbocycles. The van der Waals surface area contributed by atoms with Gasteiger partial charge in [-0.05, 0) is 42.2 Å². The van der Waals surface area contributed by atoms with Crippen molar-refractivity contribution in [1.29, 1.82) is 0 Å². The molecule has 0 aliphatic heterocycles. The van der Waals surface area contributed by atoms with Crippen LogP contribution in [0.25, 0.3) is 6.08 Å². The summed E-state index contributed by atoms with van der Waals surface area (Å²) in [5.41, 5.74) is 4.16. The van der Waals surface area contributed by atoms with E-state index in [4.69, 9.17) is 4.74 Å². The molecule has 0 radical (unpaired) electrons. The molecule has 0 atom stereocenters. The van der Waals surface area contributed by atoms with Gasteiger partial charge in [0.2, 0.25) is 0 Å². The Kier molecular flexibility index (Phi) is 6.32. The molecule has 0 aliphatic rings. The molecule has 0 spiro atoms. The Morgan fingerprint density at radius 3 is 2.38 bits per heavy atom. The van der Waals surface area contributed by atoms with Crippen LogP contribution < -0.4 is 5.32 Å². The van der Waals surface area contributed by atoms with Crippen molar-refractivity contribution in [3.8, 4) is 0 Å². The van der Waals surface area contributed by atoms with Gasteiger partial charge in [-0.1, -0.05) is 48.5 Å².